The summed E-state index contributed by atoms with van der Waals surface area (Å²) in [6.07, 6.45) is 5.87. The average Bonchev–Trinajstić information content (AvgIpc) is 2.37. The Morgan fingerprint density at radius 1 is 1.17 bits per heavy atom. The van der Waals surface area contributed by atoms with Crippen molar-refractivity contribution in [1.82, 2.24) is 4.90 Å². The van der Waals surface area contributed by atoms with E-state index in [-0.39, 0.29) is 6.10 Å². The highest BCUT2D eigenvalue weighted by atomic mass is 16.5. The molecule has 3 heteroatoms. The summed E-state index contributed by atoms with van der Waals surface area (Å²) < 4.78 is 5.24. The van der Waals surface area contributed by atoms with Crippen LogP contribution >= 0.6 is 0 Å². The maximum atomic E-state index is 10.1. The van der Waals surface area contributed by atoms with Gasteiger partial charge in [-0.05, 0) is 62.9 Å². The third-order valence-corrected chi connectivity index (χ3v) is 4.81. The van der Waals surface area contributed by atoms with Crippen molar-refractivity contribution in [2.24, 2.45) is 17.8 Å². The van der Waals surface area contributed by atoms with E-state index in [1.807, 2.05) is 0 Å². The predicted octanol–water partition coefficient (Wildman–Crippen LogP) is 2.14. The number of aliphatic hydroxyl groups is 1. The van der Waals surface area contributed by atoms with Crippen LogP contribution in [0.15, 0.2) is 0 Å². The Bertz CT molecular complexity index is 239. The van der Waals surface area contributed by atoms with Crippen molar-refractivity contribution in [3.05, 3.63) is 0 Å². The maximum Gasteiger partial charge on any atom is 0.0580 e. The fourth-order valence-corrected chi connectivity index (χ4v) is 3.58. The maximum absolute atomic E-state index is 10.1. The number of aliphatic hydroxyl groups excluding tert-OH is 1. The third kappa shape index (κ3) is 3.94. The summed E-state index contributed by atoms with van der Waals surface area (Å²) in [5.41, 5.74) is 0. The van der Waals surface area contributed by atoms with E-state index in [1.165, 1.54) is 38.8 Å². The van der Waals surface area contributed by atoms with Gasteiger partial charge < -0.3 is 14.7 Å². The van der Waals surface area contributed by atoms with E-state index in [0.29, 0.717) is 5.92 Å². The quantitative estimate of drug-likeness (QED) is 0.835. The van der Waals surface area contributed by atoms with Crippen LogP contribution in [0.3, 0.4) is 0 Å². The van der Waals surface area contributed by atoms with Gasteiger partial charge in [0, 0.05) is 20.3 Å². The number of piperidine rings is 1. The number of nitrogens with zero attached hydrogens (tertiary/aromatic N) is 1. The van der Waals surface area contributed by atoms with Gasteiger partial charge >= 0.3 is 0 Å². The highest BCUT2D eigenvalue weighted by Gasteiger charge is 2.29. The number of ether oxygens (including phenoxy) is 1. The van der Waals surface area contributed by atoms with E-state index in [4.69, 9.17) is 4.74 Å². The normalized spacial score (nSPS) is 35.8. The minimum Gasteiger partial charge on any atom is -0.393 e. The molecule has 0 aromatic rings. The Morgan fingerprint density at radius 3 is 2.56 bits per heavy atom. The molecule has 0 radical (unpaired) electrons. The zero-order valence-corrected chi connectivity index (χ0v) is 12.0. The first-order valence-corrected chi connectivity index (χ1v) is 7.58. The van der Waals surface area contributed by atoms with Gasteiger partial charge in [0.05, 0.1) is 6.10 Å². The second-order valence-electron chi connectivity index (χ2n) is 6.44. The van der Waals surface area contributed by atoms with Gasteiger partial charge in [0.25, 0.3) is 0 Å². The van der Waals surface area contributed by atoms with Crippen molar-refractivity contribution in [3.63, 3.8) is 0 Å². The average molecular weight is 255 g/mol. The largest absolute Gasteiger partial charge is 0.393 e. The number of hydrogen-bond donors (Lipinski definition) is 1. The van der Waals surface area contributed by atoms with Gasteiger partial charge in [0.15, 0.2) is 0 Å². The molecule has 2 rings (SSSR count). The fourth-order valence-electron chi connectivity index (χ4n) is 3.58. The van der Waals surface area contributed by atoms with Crippen LogP contribution in [-0.2, 0) is 4.74 Å². The first-order chi connectivity index (χ1) is 8.69. The van der Waals surface area contributed by atoms with E-state index < -0.39 is 0 Å². The van der Waals surface area contributed by atoms with Gasteiger partial charge in [-0.2, -0.15) is 0 Å². The summed E-state index contributed by atoms with van der Waals surface area (Å²) in [5.74, 6) is 2.05. The van der Waals surface area contributed by atoms with Crippen molar-refractivity contribution < 1.29 is 9.84 Å². The molecule has 1 heterocycles. The molecule has 3 unspecified atom stereocenters. The lowest BCUT2D eigenvalue weighted by Gasteiger charge is -2.38. The molecule has 0 aromatic heterocycles. The van der Waals surface area contributed by atoms with Crippen LogP contribution in [-0.4, -0.2) is 49.5 Å². The van der Waals surface area contributed by atoms with Gasteiger partial charge in [-0.25, -0.2) is 0 Å². The van der Waals surface area contributed by atoms with Crippen LogP contribution in [0, 0.1) is 17.8 Å². The SMILES string of the molecule is COCC1CCN(CC2CC(C)CCC2O)CC1. The molecule has 18 heavy (non-hydrogen) atoms. The van der Waals surface area contributed by atoms with Crippen LogP contribution in [0.2, 0.25) is 0 Å². The summed E-state index contributed by atoms with van der Waals surface area (Å²) in [7, 11) is 1.80. The third-order valence-electron chi connectivity index (χ3n) is 4.81. The van der Waals surface area contributed by atoms with E-state index in [1.54, 1.807) is 7.11 Å². The molecule has 1 saturated carbocycles. The molecule has 1 aliphatic heterocycles. The highest BCUT2D eigenvalue weighted by molar-refractivity contribution is 4.82. The smallest absolute Gasteiger partial charge is 0.0580 e. The fraction of sp³-hybridized carbons (Fsp3) is 1.00. The molecule has 3 nitrogen and oxygen atoms in total. The zero-order valence-electron chi connectivity index (χ0n) is 12.0. The lowest BCUT2D eigenvalue weighted by atomic mass is 9.80. The van der Waals surface area contributed by atoms with Crippen molar-refractivity contribution in [1.29, 1.82) is 0 Å². The number of likely N-dealkylation sites (tertiary alicyclic amines) is 1. The minimum absolute atomic E-state index is 0.0575. The van der Waals surface area contributed by atoms with E-state index >= 15 is 0 Å². The van der Waals surface area contributed by atoms with Crippen molar-refractivity contribution >= 4 is 0 Å². The molecule has 3 atom stereocenters. The highest BCUT2D eigenvalue weighted by Crippen LogP contribution is 2.30. The molecule has 0 aromatic carbocycles. The van der Waals surface area contributed by atoms with Gasteiger partial charge in [-0.15, -0.1) is 0 Å². The van der Waals surface area contributed by atoms with E-state index in [9.17, 15) is 5.11 Å². The van der Waals surface area contributed by atoms with Crippen LogP contribution in [0.4, 0.5) is 0 Å². The Labute approximate surface area is 112 Å². The van der Waals surface area contributed by atoms with Crippen molar-refractivity contribution in [2.75, 3.05) is 33.4 Å². The topological polar surface area (TPSA) is 32.7 Å². The summed E-state index contributed by atoms with van der Waals surface area (Å²) in [6.45, 7) is 6.71. The van der Waals surface area contributed by atoms with Gasteiger partial charge in [-0.1, -0.05) is 6.92 Å². The molecule has 106 valence electrons. The van der Waals surface area contributed by atoms with Gasteiger partial charge in [0.2, 0.25) is 0 Å². The predicted molar refractivity (Wildman–Crippen MR) is 73.6 cm³/mol. The Hall–Kier alpha value is -0.120. The molecule has 1 N–H and O–H groups in total. The Balaban J connectivity index is 1.73. The summed E-state index contributed by atoms with van der Waals surface area (Å²) in [5, 5.41) is 10.1. The molecule has 0 spiro atoms. The van der Waals surface area contributed by atoms with Crippen LogP contribution in [0.1, 0.15) is 39.0 Å². The summed E-state index contributed by atoms with van der Waals surface area (Å²) >= 11 is 0. The Kier molecular flexibility index (Phi) is 5.46. The second-order valence-corrected chi connectivity index (χ2v) is 6.44. The van der Waals surface area contributed by atoms with Crippen LogP contribution < -0.4 is 0 Å². The minimum atomic E-state index is -0.0575. The Morgan fingerprint density at radius 2 is 1.89 bits per heavy atom. The van der Waals surface area contributed by atoms with E-state index in [2.05, 4.69) is 11.8 Å². The van der Waals surface area contributed by atoms with Crippen molar-refractivity contribution in [3.8, 4) is 0 Å². The van der Waals surface area contributed by atoms with Crippen molar-refractivity contribution in [2.45, 2.75) is 45.1 Å². The van der Waals surface area contributed by atoms with Gasteiger partial charge in [0.1, 0.15) is 0 Å². The molecule has 0 amide bonds. The first-order valence-electron chi connectivity index (χ1n) is 7.58. The molecular formula is C15H29NO2. The molecule has 1 aliphatic carbocycles. The number of methoxy groups -OCH3 is 1. The summed E-state index contributed by atoms with van der Waals surface area (Å²) in [6, 6.07) is 0. The second kappa shape index (κ2) is 6.88. The lowest BCUT2D eigenvalue weighted by molar-refractivity contribution is 0.0192. The standard InChI is InChI=1S/C15H29NO2/c1-12-3-4-15(17)14(9-12)10-16-7-5-13(6-8-16)11-18-2/h12-15,17H,3-11H2,1-2H3. The molecular weight excluding hydrogens is 226 g/mol. The molecule has 1 saturated heterocycles. The first kappa shape index (κ1) is 14.3. The van der Waals surface area contributed by atoms with Crippen LogP contribution in [0.25, 0.3) is 0 Å². The number of rotatable bonds is 4. The zero-order chi connectivity index (χ0) is 13.0. The molecule has 2 fully saturated rings. The summed E-state index contributed by atoms with van der Waals surface area (Å²) in [4.78, 5) is 2.55. The molecule has 0 bridgehead atoms. The van der Waals surface area contributed by atoms with Crippen LogP contribution in [0.5, 0.6) is 0 Å². The number of hydrogen-bond acceptors (Lipinski definition) is 3. The van der Waals surface area contributed by atoms with E-state index in [0.717, 1.165) is 31.4 Å². The molecule has 2 aliphatic rings. The van der Waals surface area contributed by atoms with Gasteiger partial charge in [-0.3, -0.25) is 0 Å². The monoisotopic (exact) mass is 255 g/mol. The lowest BCUT2D eigenvalue weighted by Crippen LogP contribution is -2.42.